The highest BCUT2D eigenvalue weighted by Gasteiger charge is 2.35. The lowest BCUT2D eigenvalue weighted by Crippen LogP contribution is -2.38. The molecule has 3 aromatic carbocycles. The lowest BCUT2D eigenvalue weighted by Gasteiger charge is -2.26. The summed E-state index contributed by atoms with van der Waals surface area (Å²) < 4.78 is 18.0. The highest BCUT2D eigenvalue weighted by atomic mass is 28.3. The summed E-state index contributed by atoms with van der Waals surface area (Å²) in [6.45, 7) is 25.1. The van der Waals surface area contributed by atoms with Gasteiger partial charge in [-0.25, -0.2) is 14.5 Å². The average Bonchev–Trinajstić information content (AvgIpc) is 3.68. The Kier molecular flexibility index (Phi) is 7.10. The Labute approximate surface area is 278 Å². The molecule has 0 spiro atoms. The van der Waals surface area contributed by atoms with Gasteiger partial charge >= 0.3 is 0 Å². The van der Waals surface area contributed by atoms with Crippen LogP contribution in [0.3, 0.4) is 0 Å². The number of benzene rings is 3. The number of aryl methyl sites for hydroxylation is 2. The first-order valence-corrected chi connectivity index (χ1v) is 20.4. The van der Waals surface area contributed by atoms with Crippen LogP contribution in [-0.2, 0) is 12.5 Å². The van der Waals surface area contributed by atoms with Gasteiger partial charge in [0.15, 0.2) is 38.8 Å². The van der Waals surface area contributed by atoms with Crippen LogP contribution in [0.1, 0.15) is 82.6 Å². The van der Waals surface area contributed by atoms with Crippen LogP contribution >= 0.6 is 0 Å². The van der Waals surface area contributed by atoms with E-state index in [0.29, 0.717) is 23.0 Å². The van der Waals surface area contributed by atoms with Crippen LogP contribution in [0.4, 0.5) is 0 Å². The van der Waals surface area contributed by atoms with Crippen LogP contribution in [0.25, 0.3) is 61.3 Å². The van der Waals surface area contributed by atoms with Crippen molar-refractivity contribution in [2.24, 2.45) is 7.05 Å². The molecule has 0 bridgehead atoms. The van der Waals surface area contributed by atoms with Crippen LogP contribution in [0.15, 0.2) is 63.6 Å². The topological polar surface area (TPSA) is 60.9 Å². The number of fused-ring (bicyclic) bond motifs is 6. The van der Waals surface area contributed by atoms with Crippen molar-refractivity contribution >= 4 is 57.8 Å². The molecular formula is C40H47N4O2Si+. The smallest absolute Gasteiger partial charge is 0.299 e. The number of rotatable bonds is 5. The van der Waals surface area contributed by atoms with Gasteiger partial charge in [-0.15, -0.1) is 0 Å². The van der Waals surface area contributed by atoms with Gasteiger partial charge in [0.1, 0.15) is 24.8 Å². The summed E-state index contributed by atoms with van der Waals surface area (Å²) in [6.07, 6.45) is 1.81. The van der Waals surface area contributed by atoms with Crippen LogP contribution < -0.4 is 10.1 Å². The minimum Gasteiger partial charge on any atom is -0.451 e. The third kappa shape index (κ3) is 4.84. The first-order valence-electron chi connectivity index (χ1n) is 16.9. The molecule has 0 radical (unpaired) electrons. The Morgan fingerprint density at radius 3 is 2.13 bits per heavy atom. The molecule has 0 unspecified atom stereocenters. The summed E-state index contributed by atoms with van der Waals surface area (Å²) in [5, 5.41) is 0.980. The number of aromatic nitrogens is 4. The molecule has 47 heavy (non-hydrogen) atoms. The van der Waals surface area contributed by atoms with Crippen molar-refractivity contribution in [3.8, 4) is 17.1 Å². The number of para-hydroxylation sites is 2. The second-order valence-corrected chi connectivity index (χ2v) is 20.9. The fourth-order valence-electron chi connectivity index (χ4n) is 6.91. The number of hydrogen-bond acceptors (Lipinski definition) is 4. The summed E-state index contributed by atoms with van der Waals surface area (Å²) in [4.78, 5) is 9.88. The zero-order valence-electron chi connectivity index (χ0n) is 30.0. The molecule has 0 aliphatic carbocycles. The molecule has 0 saturated heterocycles. The highest BCUT2D eigenvalue weighted by Crippen LogP contribution is 2.43. The van der Waals surface area contributed by atoms with Crippen molar-refractivity contribution in [1.29, 1.82) is 0 Å². The first-order chi connectivity index (χ1) is 22.1. The molecule has 0 fully saturated rings. The van der Waals surface area contributed by atoms with E-state index in [-0.39, 0.29) is 5.41 Å². The predicted octanol–water partition coefficient (Wildman–Crippen LogP) is 9.96. The Hall–Kier alpha value is -4.23. The summed E-state index contributed by atoms with van der Waals surface area (Å²) >= 11 is 0. The predicted molar refractivity (Wildman–Crippen MR) is 197 cm³/mol. The zero-order chi connectivity index (χ0) is 33.7. The molecule has 0 amide bonds. The van der Waals surface area contributed by atoms with E-state index in [1.165, 1.54) is 27.9 Å². The zero-order valence-corrected chi connectivity index (χ0v) is 31.0. The molecule has 4 heterocycles. The van der Waals surface area contributed by atoms with Crippen LogP contribution in [0.5, 0.6) is 0 Å². The van der Waals surface area contributed by atoms with Gasteiger partial charge in [0.05, 0.1) is 13.2 Å². The molecular weight excluding hydrogens is 597 g/mol. The van der Waals surface area contributed by atoms with Gasteiger partial charge in [0, 0.05) is 16.5 Å². The summed E-state index contributed by atoms with van der Waals surface area (Å²) in [5.74, 6) is 1.72. The second-order valence-electron chi connectivity index (χ2n) is 15.9. The molecule has 6 nitrogen and oxygen atoms in total. The highest BCUT2D eigenvalue weighted by molar-refractivity contribution is 6.87. The van der Waals surface area contributed by atoms with E-state index in [4.69, 9.17) is 18.8 Å². The Balaban J connectivity index is 1.64. The number of oxazole rings is 1. The maximum atomic E-state index is 6.92. The third-order valence-corrected chi connectivity index (χ3v) is 11.1. The molecule has 4 aromatic heterocycles. The fourth-order valence-corrected chi connectivity index (χ4v) is 7.77. The van der Waals surface area contributed by atoms with Crippen molar-refractivity contribution in [2.75, 3.05) is 0 Å². The van der Waals surface area contributed by atoms with Gasteiger partial charge in [-0.2, -0.15) is 4.57 Å². The summed E-state index contributed by atoms with van der Waals surface area (Å²) in [7, 11) is 0.391. The van der Waals surface area contributed by atoms with Crippen LogP contribution in [0.2, 0.25) is 19.6 Å². The minimum atomic E-state index is -1.79. The number of pyridine rings is 1. The first kappa shape index (κ1) is 31.4. The standard InChI is InChI=1S/C40H47N4O2Si/c1-22(2)27-19-25(40(6,7)8)20-28(23(3)4)35(27)44-30-16-14-13-15-29(30)43(9)38(44)32-24(5)17-18-26-33-37(46-36(26)32)34-31(21-41-33)45-39(42-34)47(10,11)12/h13-23H,1-12H3/q+1. The fraction of sp³-hybridized carbons (Fsp3) is 0.375. The normalized spacial score (nSPS) is 13.1. The molecule has 7 rings (SSSR count). The second kappa shape index (κ2) is 10.6. The molecule has 7 heteroatoms. The van der Waals surface area contributed by atoms with Crippen LogP contribution in [0, 0.1) is 6.92 Å². The molecule has 0 saturated carbocycles. The number of imidazole rings is 1. The van der Waals surface area contributed by atoms with E-state index in [0.717, 1.165) is 50.0 Å². The molecule has 0 atom stereocenters. The summed E-state index contributed by atoms with van der Waals surface area (Å²) in [6, 6.07) is 18.0. The lowest BCUT2D eigenvalue weighted by molar-refractivity contribution is -0.633. The third-order valence-electron chi connectivity index (χ3n) is 9.60. The maximum absolute atomic E-state index is 6.92. The van der Waals surface area contributed by atoms with Gasteiger partial charge in [0.2, 0.25) is 0 Å². The van der Waals surface area contributed by atoms with E-state index < -0.39 is 8.07 Å². The Morgan fingerprint density at radius 1 is 0.851 bits per heavy atom. The number of furan rings is 1. The van der Waals surface area contributed by atoms with Gasteiger partial charge in [-0.05, 0) is 53.5 Å². The van der Waals surface area contributed by atoms with Crippen molar-refractivity contribution in [3.63, 3.8) is 0 Å². The van der Waals surface area contributed by atoms with E-state index in [1.807, 2.05) is 0 Å². The van der Waals surface area contributed by atoms with Crippen molar-refractivity contribution in [2.45, 2.75) is 92.3 Å². The Bertz CT molecular complexity index is 2330. The molecule has 0 aliphatic rings. The van der Waals surface area contributed by atoms with Gasteiger partial charge in [-0.3, -0.25) is 0 Å². The number of nitrogens with zero attached hydrogens (tertiary/aromatic N) is 4. The van der Waals surface area contributed by atoms with Gasteiger partial charge in [0.25, 0.3) is 5.82 Å². The average molecular weight is 644 g/mol. The number of hydrogen-bond donors (Lipinski definition) is 0. The van der Waals surface area contributed by atoms with Crippen molar-refractivity contribution in [1.82, 2.24) is 14.5 Å². The van der Waals surface area contributed by atoms with Gasteiger partial charge < -0.3 is 8.83 Å². The maximum Gasteiger partial charge on any atom is 0.299 e. The minimum absolute atomic E-state index is 0.0311. The van der Waals surface area contributed by atoms with E-state index >= 15 is 0 Å². The van der Waals surface area contributed by atoms with Crippen molar-refractivity contribution in [3.05, 3.63) is 77.0 Å². The van der Waals surface area contributed by atoms with E-state index in [9.17, 15) is 0 Å². The van der Waals surface area contributed by atoms with E-state index in [2.05, 4.69) is 140 Å². The molecule has 0 aliphatic heterocycles. The monoisotopic (exact) mass is 643 g/mol. The molecule has 242 valence electrons. The molecule has 0 N–H and O–H groups in total. The Morgan fingerprint density at radius 2 is 1.51 bits per heavy atom. The van der Waals surface area contributed by atoms with Crippen LogP contribution in [-0.4, -0.2) is 22.6 Å². The quantitative estimate of drug-likeness (QED) is 0.138. The SMILES string of the molecule is Cc1ccc2c(oc3c4nc([Si](C)(C)C)oc4cnc23)c1-c1n(-c2c(C(C)C)cc(C(C)(C)C)cc2C(C)C)c2ccccc2[n+]1C. The molecule has 7 aromatic rings. The largest absolute Gasteiger partial charge is 0.451 e. The van der Waals surface area contributed by atoms with E-state index in [1.54, 1.807) is 6.20 Å². The van der Waals surface area contributed by atoms with Crippen molar-refractivity contribution < 1.29 is 13.4 Å². The summed E-state index contributed by atoms with van der Waals surface area (Å²) in [5.41, 5.74) is 14.4. The lowest BCUT2D eigenvalue weighted by atomic mass is 9.81. The van der Waals surface area contributed by atoms with Gasteiger partial charge in [-0.1, -0.05) is 98.4 Å².